The van der Waals surface area contributed by atoms with Crippen LogP contribution in [0.2, 0.25) is 0 Å². The van der Waals surface area contributed by atoms with Gasteiger partial charge in [0.2, 0.25) is 5.95 Å². The van der Waals surface area contributed by atoms with Crippen LogP contribution in [-0.4, -0.2) is 59.3 Å². The summed E-state index contributed by atoms with van der Waals surface area (Å²) in [7, 11) is 0. The zero-order chi connectivity index (χ0) is 11.4. The van der Waals surface area contributed by atoms with E-state index in [9.17, 15) is 0 Å². The van der Waals surface area contributed by atoms with Crippen molar-refractivity contribution in [3.8, 4) is 0 Å². The maximum atomic E-state index is 8.84. The Morgan fingerprint density at radius 2 is 1.81 bits per heavy atom. The van der Waals surface area contributed by atoms with Gasteiger partial charge in [0.15, 0.2) is 0 Å². The SMILES string of the molecule is Nc1cnc(N2CCN(CCO)CC2)nc1. The minimum atomic E-state index is 0.221. The Labute approximate surface area is 94.7 Å². The van der Waals surface area contributed by atoms with E-state index in [1.807, 2.05) is 0 Å². The molecule has 0 amide bonds. The fourth-order valence-electron chi connectivity index (χ4n) is 1.81. The first-order valence-corrected chi connectivity index (χ1v) is 5.45. The highest BCUT2D eigenvalue weighted by Crippen LogP contribution is 2.10. The lowest BCUT2D eigenvalue weighted by atomic mass is 10.3. The molecule has 1 aliphatic heterocycles. The van der Waals surface area contributed by atoms with Crippen LogP contribution in [0.1, 0.15) is 0 Å². The highest BCUT2D eigenvalue weighted by molar-refractivity contribution is 5.38. The lowest BCUT2D eigenvalue weighted by Gasteiger charge is -2.34. The van der Waals surface area contributed by atoms with Gasteiger partial charge in [0.05, 0.1) is 24.7 Å². The summed E-state index contributed by atoms with van der Waals surface area (Å²) < 4.78 is 0. The third kappa shape index (κ3) is 2.59. The molecule has 16 heavy (non-hydrogen) atoms. The molecule has 1 aliphatic rings. The number of β-amino-alcohol motifs (C(OH)–C–C–N with tert-alkyl or cyclic N) is 1. The molecule has 0 bridgehead atoms. The van der Waals surface area contributed by atoms with Crippen molar-refractivity contribution in [1.29, 1.82) is 0 Å². The normalized spacial score (nSPS) is 17.7. The minimum absolute atomic E-state index is 0.221. The standard InChI is InChI=1S/C10H17N5O/c11-9-7-12-10(13-8-9)15-3-1-14(2-4-15)5-6-16/h7-8,16H,1-6,11H2. The summed E-state index contributed by atoms with van der Waals surface area (Å²) in [6, 6.07) is 0. The molecule has 1 saturated heterocycles. The zero-order valence-electron chi connectivity index (χ0n) is 9.21. The molecule has 0 unspecified atom stereocenters. The van der Waals surface area contributed by atoms with E-state index in [1.165, 1.54) is 0 Å². The molecule has 2 rings (SSSR count). The first-order valence-electron chi connectivity index (χ1n) is 5.45. The van der Waals surface area contributed by atoms with Crippen molar-refractivity contribution in [3.63, 3.8) is 0 Å². The Hall–Kier alpha value is -1.40. The van der Waals surface area contributed by atoms with Crippen LogP contribution >= 0.6 is 0 Å². The monoisotopic (exact) mass is 223 g/mol. The summed E-state index contributed by atoms with van der Waals surface area (Å²) in [6.07, 6.45) is 3.25. The molecular weight excluding hydrogens is 206 g/mol. The second kappa shape index (κ2) is 5.09. The van der Waals surface area contributed by atoms with E-state index in [0.717, 1.165) is 38.7 Å². The average molecular weight is 223 g/mol. The van der Waals surface area contributed by atoms with Crippen LogP contribution in [0.4, 0.5) is 11.6 Å². The molecule has 3 N–H and O–H groups in total. The molecule has 2 heterocycles. The van der Waals surface area contributed by atoms with Gasteiger partial charge < -0.3 is 15.7 Å². The van der Waals surface area contributed by atoms with Gasteiger partial charge in [-0.05, 0) is 0 Å². The lowest BCUT2D eigenvalue weighted by molar-refractivity contribution is 0.188. The zero-order valence-corrected chi connectivity index (χ0v) is 9.21. The summed E-state index contributed by atoms with van der Waals surface area (Å²) in [5, 5.41) is 8.84. The summed E-state index contributed by atoms with van der Waals surface area (Å²) in [6.45, 7) is 4.63. The van der Waals surface area contributed by atoms with Crippen molar-refractivity contribution >= 4 is 11.6 Å². The summed E-state index contributed by atoms with van der Waals surface area (Å²) >= 11 is 0. The number of hydrogen-bond acceptors (Lipinski definition) is 6. The van der Waals surface area contributed by atoms with Gasteiger partial charge in [0, 0.05) is 32.7 Å². The third-order valence-corrected chi connectivity index (χ3v) is 2.73. The summed E-state index contributed by atoms with van der Waals surface area (Å²) in [4.78, 5) is 12.8. The van der Waals surface area contributed by atoms with Crippen molar-refractivity contribution in [2.75, 3.05) is 50.0 Å². The van der Waals surface area contributed by atoms with Gasteiger partial charge in [-0.3, -0.25) is 4.90 Å². The van der Waals surface area contributed by atoms with Gasteiger partial charge in [0.25, 0.3) is 0 Å². The number of aliphatic hydroxyl groups excluding tert-OH is 1. The Morgan fingerprint density at radius 3 is 2.38 bits per heavy atom. The van der Waals surface area contributed by atoms with Crippen LogP contribution < -0.4 is 10.6 Å². The van der Waals surface area contributed by atoms with E-state index in [0.29, 0.717) is 5.69 Å². The molecule has 1 aromatic rings. The van der Waals surface area contributed by atoms with Crippen molar-refractivity contribution < 1.29 is 5.11 Å². The number of rotatable bonds is 3. The van der Waals surface area contributed by atoms with E-state index in [1.54, 1.807) is 12.4 Å². The molecule has 1 aromatic heterocycles. The Bertz CT molecular complexity index is 320. The fraction of sp³-hybridized carbons (Fsp3) is 0.600. The van der Waals surface area contributed by atoms with Crippen molar-refractivity contribution in [3.05, 3.63) is 12.4 Å². The molecule has 1 fully saturated rings. The molecule has 6 heteroatoms. The number of nitrogens with two attached hydrogens (primary N) is 1. The Morgan fingerprint density at radius 1 is 1.19 bits per heavy atom. The van der Waals surface area contributed by atoms with Crippen molar-refractivity contribution in [2.24, 2.45) is 0 Å². The maximum absolute atomic E-state index is 8.84. The summed E-state index contributed by atoms with van der Waals surface area (Å²) in [5.41, 5.74) is 6.12. The molecular formula is C10H17N5O. The van der Waals surface area contributed by atoms with Gasteiger partial charge in [0.1, 0.15) is 0 Å². The predicted molar refractivity (Wildman–Crippen MR) is 62.2 cm³/mol. The fourth-order valence-corrected chi connectivity index (χ4v) is 1.81. The van der Waals surface area contributed by atoms with Gasteiger partial charge in [-0.25, -0.2) is 9.97 Å². The van der Waals surface area contributed by atoms with E-state index in [4.69, 9.17) is 10.8 Å². The van der Waals surface area contributed by atoms with Crippen LogP contribution in [0.25, 0.3) is 0 Å². The first kappa shape index (κ1) is 11.1. The topological polar surface area (TPSA) is 78.5 Å². The number of aliphatic hydroxyl groups is 1. The number of anilines is 2. The van der Waals surface area contributed by atoms with E-state index in [2.05, 4.69) is 19.8 Å². The summed E-state index contributed by atoms with van der Waals surface area (Å²) in [5.74, 6) is 0.734. The molecule has 0 aliphatic carbocycles. The van der Waals surface area contributed by atoms with Crippen molar-refractivity contribution in [1.82, 2.24) is 14.9 Å². The van der Waals surface area contributed by atoms with E-state index in [-0.39, 0.29) is 6.61 Å². The van der Waals surface area contributed by atoms with Crippen LogP contribution in [0, 0.1) is 0 Å². The van der Waals surface area contributed by atoms with Gasteiger partial charge in [-0.1, -0.05) is 0 Å². The average Bonchev–Trinajstić information content (AvgIpc) is 2.32. The third-order valence-electron chi connectivity index (χ3n) is 2.73. The quantitative estimate of drug-likeness (QED) is 0.696. The predicted octanol–water partition coefficient (Wildman–Crippen LogP) is -0.827. The molecule has 0 radical (unpaired) electrons. The van der Waals surface area contributed by atoms with Gasteiger partial charge in [-0.15, -0.1) is 0 Å². The highest BCUT2D eigenvalue weighted by atomic mass is 16.3. The van der Waals surface area contributed by atoms with Gasteiger partial charge in [-0.2, -0.15) is 0 Å². The van der Waals surface area contributed by atoms with Crippen LogP contribution in [0.3, 0.4) is 0 Å². The number of nitrogen functional groups attached to an aromatic ring is 1. The Balaban J connectivity index is 1.91. The smallest absolute Gasteiger partial charge is 0.225 e. The molecule has 6 nitrogen and oxygen atoms in total. The molecule has 0 aromatic carbocycles. The first-order chi connectivity index (χ1) is 7.79. The molecule has 0 saturated carbocycles. The van der Waals surface area contributed by atoms with E-state index < -0.39 is 0 Å². The number of nitrogens with zero attached hydrogens (tertiary/aromatic N) is 4. The largest absolute Gasteiger partial charge is 0.396 e. The molecule has 88 valence electrons. The van der Waals surface area contributed by atoms with Crippen LogP contribution in [-0.2, 0) is 0 Å². The van der Waals surface area contributed by atoms with Crippen molar-refractivity contribution in [2.45, 2.75) is 0 Å². The minimum Gasteiger partial charge on any atom is -0.396 e. The Kier molecular flexibility index (Phi) is 3.53. The van der Waals surface area contributed by atoms with Gasteiger partial charge >= 0.3 is 0 Å². The second-order valence-corrected chi connectivity index (χ2v) is 3.87. The number of aromatic nitrogens is 2. The lowest BCUT2D eigenvalue weighted by Crippen LogP contribution is -2.47. The second-order valence-electron chi connectivity index (χ2n) is 3.87. The number of hydrogen-bond donors (Lipinski definition) is 2. The number of piperazine rings is 1. The highest BCUT2D eigenvalue weighted by Gasteiger charge is 2.17. The maximum Gasteiger partial charge on any atom is 0.225 e. The molecule has 0 atom stereocenters. The van der Waals surface area contributed by atoms with Crippen LogP contribution in [0.15, 0.2) is 12.4 Å². The molecule has 0 spiro atoms. The van der Waals surface area contributed by atoms with Crippen LogP contribution in [0.5, 0.6) is 0 Å². The van der Waals surface area contributed by atoms with E-state index >= 15 is 0 Å².